The summed E-state index contributed by atoms with van der Waals surface area (Å²) < 4.78 is 28.4. The number of hydrogen-bond donors (Lipinski definition) is 2. The predicted octanol–water partition coefficient (Wildman–Crippen LogP) is 4.97. The molecular weight excluding hydrogens is 388 g/mol. The van der Waals surface area contributed by atoms with E-state index in [1.807, 2.05) is 0 Å². The maximum Gasteiger partial charge on any atom is 0.323 e. The lowest BCUT2D eigenvalue weighted by molar-refractivity contribution is 0.262. The number of anilines is 2. The molecule has 2 aromatic heterocycles. The second-order valence-electron chi connectivity index (χ2n) is 5.81. The van der Waals surface area contributed by atoms with Crippen LogP contribution < -0.4 is 10.6 Å². The maximum absolute atomic E-state index is 13.8. The van der Waals surface area contributed by atoms with Crippen LogP contribution in [-0.2, 0) is 0 Å². The lowest BCUT2D eigenvalue weighted by Crippen LogP contribution is -2.21. The first-order valence-corrected chi connectivity index (χ1v) is 8.51. The zero-order chi connectivity index (χ0) is 19.7. The van der Waals surface area contributed by atoms with Crippen LogP contribution in [0, 0.1) is 11.6 Å². The van der Waals surface area contributed by atoms with Crippen molar-refractivity contribution < 1.29 is 13.6 Å². The van der Waals surface area contributed by atoms with E-state index < -0.39 is 17.7 Å². The maximum atomic E-state index is 13.8. The molecule has 0 atom stereocenters. The van der Waals surface area contributed by atoms with E-state index in [4.69, 9.17) is 11.6 Å². The molecule has 2 aromatic carbocycles. The Kier molecular flexibility index (Phi) is 4.62. The molecule has 0 bridgehead atoms. The first kappa shape index (κ1) is 17.9. The molecule has 4 rings (SSSR count). The topological polar surface area (TPSA) is 71.3 Å². The minimum atomic E-state index is -0.886. The number of rotatable bonds is 3. The van der Waals surface area contributed by atoms with Crippen molar-refractivity contribution in [3.05, 3.63) is 77.7 Å². The van der Waals surface area contributed by atoms with Gasteiger partial charge in [-0.3, -0.25) is 0 Å². The molecule has 9 heteroatoms. The van der Waals surface area contributed by atoms with Crippen molar-refractivity contribution in [2.24, 2.45) is 0 Å². The van der Waals surface area contributed by atoms with Gasteiger partial charge in [0, 0.05) is 29.0 Å². The van der Waals surface area contributed by atoms with Gasteiger partial charge < -0.3 is 10.6 Å². The van der Waals surface area contributed by atoms with E-state index >= 15 is 0 Å². The minimum absolute atomic E-state index is 0.159. The molecule has 0 unspecified atom stereocenters. The van der Waals surface area contributed by atoms with Crippen LogP contribution in [0.1, 0.15) is 0 Å². The smallest absolute Gasteiger partial charge is 0.305 e. The number of nitrogens with one attached hydrogen (secondary N) is 2. The standard InChI is InChI=1S/C19H12ClF2N5O/c20-13-4-2-1-3-12(13)17-16(10-24-27-8-7-23-18(17)27)26-19(28)25-15-6-5-11(21)9-14(15)22/h1-10H,(H2,25,26,28). The summed E-state index contributed by atoms with van der Waals surface area (Å²) >= 11 is 6.33. The van der Waals surface area contributed by atoms with Gasteiger partial charge in [0.05, 0.1) is 23.1 Å². The molecule has 0 aliphatic heterocycles. The zero-order valence-electron chi connectivity index (χ0n) is 14.2. The highest BCUT2D eigenvalue weighted by Crippen LogP contribution is 2.35. The van der Waals surface area contributed by atoms with E-state index in [2.05, 4.69) is 20.7 Å². The van der Waals surface area contributed by atoms with E-state index in [1.54, 1.807) is 41.2 Å². The van der Waals surface area contributed by atoms with E-state index in [1.165, 1.54) is 6.20 Å². The first-order chi connectivity index (χ1) is 13.5. The summed E-state index contributed by atoms with van der Waals surface area (Å²) in [6.45, 7) is 0. The highest BCUT2D eigenvalue weighted by atomic mass is 35.5. The number of fused-ring (bicyclic) bond motifs is 1. The second-order valence-corrected chi connectivity index (χ2v) is 6.22. The number of hydrogen-bond acceptors (Lipinski definition) is 3. The molecule has 0 saturated carbocycles. The van der Waals surface area contributed by atoms with Crippen molar-refractivity contribution >= 4 is 34.7 Å². The number of amides is 2. The Labute approximate surface area is 162 Å². The first-order valence-electron chi connectivity index (χ1n) is 8.13. The summed E-state index contributed by atoms with van der Waals surface area (Å²) in [4.78, 5) is 16.7. The highest BCUT2D eigenvalue weighted by Gasteiger charge is 2.17. The monoisotopic (exact) mass is 399 g/mol. The third kappa shape index (κ3) is 3.37. The summed E-state index contributed by atoms with van der Waals surface area (Å²) in [5.41, 5.74) is 1.85. The zero-order valence-corrected chi connectivity index (χ0v) is 14.9. The van der Waals surface area contributed by atoms with Crippen LogP contribution >= 0.6 is 11.6 Å². The van der Waals surface area contributed by atoms with E-state index in [-0.39, 0.29) is 5.69 Å². The highest BCUT2D eigenvalue weighted by molar-refractivity contribution is 6.33. The lowest BCUT2D eigenvalue weighted by atomic mass is 10.1. The fraction of sp³-hybridized carbons (Fsp3) is 0. The quantitative estimate of drug-likeness (QED) is 0.511. The normalized spacial score (nSPS) is 10.8. The Morgan fingerprint density at radius 3 is 2.64 bits per heavy atom. The van der Waals surface area contributed by atoms with Crippen molar-refractivity contribution in [3.8, 4) is 11.1 Å². The number of imidazole rings is 1. The van der Waals surface area contributed by atoms with Crippen molar-refractivity contribution in [3.63, 3.8) is 0 Å². The summed E-state index contributed by atoms with van der Waals surface area (Å²) in [5.74, 6) is -1.62. The molecule has 140 valence electrons. The molecule has 4 aromatic rings. The summed E-state index contributed by atoms with van der Waals surface area (Å²) in [5, 5.41) is 9.62. The van der Waals surface area contributed by atoms with E-state index in [0.717, 1.165) is 12.1 Å². The third-order valence-electron chi connectivity index (χ3n) is 4.00. The van der Waals surface area contributed by atoms with Gasteiger partial charge in [0.1, 0.15) is 11.6 Å². The number of benzene rings is 2. The lowest BCUT2D eigenvalue weighted by Gasteiger charge is -2.14. The molecule has 0 spiro atoms. The largest absolute Gasteiger partial charge is 0.323 e. The number of nitrogens with zero attached hydrogens (tertiary/aromatic N) is 3. The molecule has 0 aliphatic rings. The fourth-order valence-electron chi connectivity index (χ4n) is 2.77. The van der Waals surface area contributed by atoms with Gasteiger partial charge in [-0.05, 0) is 18.2 Å². The predicted molar refractivity (Wildman–Crippen MR) is 102 cm³/mol. The Balaban J connectivity index is 1.72. The van der Waals surface area contributed by atoms with Crippen molar-refractivity contribution in [2.45, 2.75) is 0 Å². The molecule has 6 nitrogen and oxygen atoms in total. The third-order valence-corrected chi connectivity index (χ3v) is 4.33. The van der Waals surface area contributed by atoms with Gasteiger partial charge in [-0.15, -0.1) is 0 Å². The molecular formula is C19H12ClF2N5O. The Morgan fingerprint density at radius 1 is 1.07 bits per heavy atom. The number of halogens is 3. The molecule has 0 aliphatic carbocycles. The number of urea groups is 1. The van der Waals surface area contributed by atoms with Crippen LogP contribution in [0.15, 0.2) is 61.1 Å². The number of aromatic nitrogens is 3. The van der Waals surface area contributed by atoms with Crippen LogP contribution in [0.2, 0.25) is 5.02 Å². The summed E-state index contributed by atoms with van der Waals surface area (Å²) in [6.07, 6.45) is 4.67. The second kappa shape index (κ2) is 7.24. The van der Waals surface area contributed by atoms with Crippen LogP contribution in [0.25, 0.3) is 16.8 Å². The van der Waals surface area contributed by atoms with Crippen molar-refractivity contribution in [1.82, 2.24) is 14.6 Å². The molecule has 0 fully saturated rings. The van der Waals surface area contributed by atoms with Crippen LogP contribution in [0.4, 0.5) is 25.0 Å². The Morgan fingerprint density at radius 2 is 1.86 bits per heavy atom. The average molecular weight is 400 g/mol. The molecule has 2 amide bonds. The van der Waals surface area contributed by atoms with Gasteiger partial charge in [0.25, 0.3) is 0 Å². The molecule has 2 N–H and O–H groups in total. The molecule has 0 radical (unpaired) electrons. The van der Waals surface area contributed by atoms with Crippen LogP contribution in [0.5, 0.6) is 0 Å². The van der Waals surface area contributed by atoms with Crippen LogP contribution in [0.3, 0.4) is 0 Å². The minimum Gasteiger partial charge on any atom is -0.305 e. The number of carbonyl (C=O) groups excluding carboxylic acids is 1. The molecule has 28 heavy (non-hydrogen) atoms. The van der Waals surface area contributed by atoms with Crippen LogP contribution in [-0.4, -0.2) is 20.6 Å². The van der Waals surface area contributed by atoms with Crippen molar-refractivity contribution in [2.75, 3.05) is 10.6 Å². The van der Waals surface area contributed by atoms with Gasteiger partial charge in [0.2, 0.25) is 0 Å². The van der Waals surface area contributed by atoms with E-state index in [0.29, 0.717) is 33.6 Å². The average Bonchev–Trinajstić information content (AvgIpc) is 3.13. The van der Waals surface area contributed by atoms with Crippen molar-refractivity contribution in [1.29, 1.82) is 0 Å². The summed E-state index contributed by atoms with van der Waals surface area (Å²) in [6, 6.07) is 9.23. The fourth-order valence-corrected chi connectivity index (χ4v) is 3.00. The number of carbonyl (C=O) groups is 1. The van der Waals surface area contributed by atoms with Gasteiger partial charge in [0.15, 0.2) is 5.65 Å². The molecule has 2 heterocycles. The van der Waals surface area contributed by atoms with Gasteiger partial charge in [-0.2, -0.15) is 5.10 Å². The van der Waals surface area contributed by atoms with Gasteiger partial charge in [-0.25, -0.2) is 23.1 Å². The van der Waals surface area contributed by atoms with Gasteiger partial charge >= 0.3 is 6.03 Å². The van der Waals surface area contributed by atoms with E-state index in [9.17, 15) is 13.6 Å². The molecule has 0 saturated heterocycles. The van der Waals surface area contributed by atoms with Gasteiger partial charge in [-0.1, -0.05) is 29.8 Å². The Bertz CT molecular complexity index is 1190. The Hall–Kier alpha value is -3.52. The SMILES string of the molecule is O=C(Nc1ccc(F)cc1F)Nc1cnn2ccnc2c1-c1ccccc1Cl. The summed E-state index contributed by atoms with van der Waals surface area (Å²) in [7, 11) is 0.